The minimum absolute atomic E-state index is 0.00814. The van der Waals surface area contributed by atoms with Gasteiger partial charge in [-0.2, -0.15) is 0 Å². The van der Waals surface area contributed by atoms with Gasteiger partial charge < -0.3 is 14.4 Å². The molecule has 3 heteroatoms. The number of rotatable bonds is 11. The second-order valence-electron chi connectivity index (χ2n) is 23.9. The first kappa shape index (κ1) is 50.3. The van der Waals surface area contributed by atoms with Crippen molar-refractivity contribution in [2.45, 2.75) is 64.2 Å². The lowest BCUT2D eigenvalue weighted by atomic mass is 9.68. The summed E-state index contributed by atoms with van der Waals surface area (Å²) in [6, 6.07) is 99.8. The first-order valence-corrected chi connectivity index (χ1v) is 28.3. The fraction of sp³-hybridized carbons (Fsp3) is 0.143. The van der Waals surface area contributed by atoms with Gasteiger partial charge in [0.2, 0.25) is 0 Å². The molecule has 1 aliphatic carbocycles. The number of aryl methyl sites for hydroxylation is 1. The molecule has 0 radical (unpaired) electrons. The van der Waals surface area contributed by atoms with Crippen LogP contribution in [0.5, 0.6) is 0 Å². The van der Waals surface area contributed by atoms with E-state index in [0.29, 0.717) is 0 Å². The Balaban J connectivity index is 1.11. The van der Waals surface area contributed by atoms with E-state index in [1.807, 2.05) is 0 Å². The Bertz CT molecular complexity index is 4170. The van der Waals surface area contributed by atoms with Crippen molar-refractivity contribution in [1.29, 1.82) is 0 Å². The number of benzene rings is 11. The van der Waals surface area contributed by atoms with Gasteiger partial charge in [-0.15, -0.1) is 0 Å². The average molecular weight is 1030 g/mol. The van der Waals surface area contributed by atoms with Crippen LogP contribution < -0.4 is 9.80 Å². The summed E-state index contributed by atoms with van der Waals surface area (Å²) in [5, 5.41) is 2.50. The highest BCUT2D eigenvalue weighted by Gasteiger charge is 2.47. The number of fused-ring (bicyclic) bond motifs is 7. The highest BCUT2D eigenvalue weighted by Crippen LogP contribution is 2.61. The third-order valence-corrected chi connectivity index (χ3v) is 16.9. The molecule has 0 saturated carbocycles. The molecule has 0 fully saturated rings. The largest absolute Gasteiger partial charge is 0.342 e. The zero-order valence-corrected chi connectivity index (χ0v) is 47.0. The van der Waals surface area contributed by atoms with Gasteiger partial charge >= 0.3 is 0 Å². The van der Waals surface area contributed by atoms with Crippen molar-refractivity contribution in [1.82, 2.24) is 4.57 Å². The van der Waals surface area contributed by atoms with Crippen LogP contribution in [0.2, 0.25) is 0 Å². The first-order valence-electron chi connectivity index (χ1n) is 28.3. The number of aromatic nitrogens is 1. The molecule has 3 nitrogen and oxygen atoms in total. The van der Waals surface area contributed by atoms with E-state index in [0.717, 1.165) is 40.5 Å². The maximum atomic E-state index is 2.58. The third kappa shape index (κ3) is 8.79. The first-order chi connectivity index (χ1) is 38.8. The third-order valence-electron chi connectivity index (χ3n) is 16.9. The molecule has 390 valence electrons. The van der Waals surface area contributed by atoms with Crippen LogP contribution in [0.4, 0.5) is 34.1 Å². The topological polar surface area (TPSA) is 11.4 Å². The maximum absolute atomic E-state index is 2.58. The highest BCUT2D eigenvalue weighted by atomic mass is 15.2. The molecule has 0 amide bonds. The standard InChI is InChI=1S/C77H67N3/c1-75(2,3)58-36-44-62(45-37-58)79(61-40-32-56(33-41-61)54-24-14-9-15-25-54)65-48-49-66-68(50-65)77(60-28-18-11-19-29-60,52-53-22-12-8-13-23-53)69-51-71(74-73(72(66)69)67-30-20-21-31-70(67)78(74)7)80(64-46-38-59(39-47-64)76(4,5)6)63-42-34-57(35-43-63)55-26-16-10-17-27-55/h8-51H,52H2,1-7H3. The molecule has 12 aromatic rings. The Morgan fingerprint density at radius 3 is 1.32 bits per heavy atom. The van der Waals surface area contributed by atoms with Crippen molar-refractivity contribution in [3.8, 4) is 33.4 Å². The van der Waals surface area contributed by atoms with Gasteiger partial charge in [-0.1, -0.05) is 236 Å². The molecule has 0 saturated heterocycles. The predicted octanol–water partition coefficient (Wildman–Crippen LogP) is 20.8. The minimum atomic E-state index is -0.638. The molecule has 0 bridgehead atoms. The van der Waals surface area contributed by atoms with Crippen LogP contribution in [0, 0.1) is 0 Å². The summed E-state index contributed by atoms with van der Waals surface area (Å²) < 4.78 is 2.45. The van der Waals surface area contributed by atoms with Crippen molar-refractivity contribution >= 4 is 55.9 Å². The summed E-state index contributed by atoms with van der Waals surface area (Å²) in [5.74, 6) is 0. The van der Waals surface area contributed by atoms with E-state index in [1.54, 1.807) is 0 Å². The van der Waals surface area contributed by atoms with E-state index in [9.17, 15) is 0 Å². The van der Waals surface area contributed by atoms with Gasteiger partial charge in [0.25, 0.3) is 0 Å². The van der Waals surface area contributed by atoms with E-state index in [4.69, 9.17) is 0 Å². The average Bonchev–Trinajstić information content (AvgIpc) is 4.18. The Hall–Kier alpha value is -9.18. The van der Waals surface area contributed by atoms with Gasteiger partial charge in [0.1, 0.15) is 0 Å². The summed E-state index contributed by atoms with van der Waals surface area (Å²) >= 11 is 0. The SMILES string of the molecule is Cn1c2ccccc2c2c3c(cc(N(c4ccc(-c5ccccc5)cc4)c4ccc(C(C)(C)C)cc4)c21)C(Cc1ccccc1)(c1ccccc1)c1cc(N(c2ccc(-c4ccccc4)cc2)c2ccc(C(C)(C)C)cc2)ccc1-3. The summed E-state index contributed by atoms with van der Waals surface area (Å²) in [6.45, 7) is 13.8. The van der Waals surface area contributed by atoms with Gasteiger partial charge in [0, 0.05) is 51.8 Å². The van der Waals surface area contributed by atoms with Crippen LogP contribution in [-0.4, -0.2) is 4.57 Å². The van der Waals surface area contributed by atoms with Gasteiger partial charge in [-0.3, -0.25) is 0 Å². The summed E-state index contributed by atoms with van der Waals surface area (Å²) in [7, 11) is 2.26. The molecular formula is C77H67N3. The van der Waals surface area contributed by atoms with Crippen molar-refractivity contribution in [2.24, 2.45) is 7.05 Å². The molecule has 1 aliphatic rings. The van der Waals surface area contributed by atoms with Gasteiger partial charge in [-0.25, -0.2) is 0 Å². The molecule has 11 aromatic carbocycles. The van der Waals surface area contributed by atoms with Crippen LogP contribution >= 0.6 is 0 Å². The molecule has 1 aromatic heterocycles. The molecule has 13 rings (SSSR count). The molecular weight excluding hydrogens is 967 g/mol. The molecule has 80 heavy (non-hydrogen) atoms. The van der Waals surface area contributed by atoms with Crippen LogP contribution in [0.1, 0.15) is 74.9 Å². The predicted molar refractivity (Wildman–Crippen MR) is 340 cm³/mol. The second-order valence-corrected chi connectivity index (χ2v) is 23.9. The monoisotopic (exact) mass is 1030 g/mol. The summed E-state index contributed by atoms with van der Waals surface area (Å²) in [4.78, 5) is 4.99. The fourth-order valence-corrected chi connectivity index (χ4v) is 12.7. The van der Waals surface area contributed by atoms with Crippen LogP contribution in [0.3, 0.4) is 0 Å². The Morgan fingerprint density at radius 1 is 0.388 bits per heavy atom. The zero-order chi connectivity index (χ0) is 54.8. The van der Waals surface area contributed by atoms with Crippen molar-refractivity contribution in [3.63, 3.8) is 0 Å². The van der Waals surface area contributed by atoms with E-state index in [1.165, 1.54) is 88.6 Å². The highest BCUT2D eigenvalue weighted by molar-refractivity contribution is 6.21. The quantitative estimate of drug-likeness (QED) is 0.128. The molecule has 0 spiro atoms. The van der Waals surface area contributed by atoms with E-state index in [2.05, 4.69) is 330 Å². The number of anilines is 6. The smallest absolute Gasteiger partial charge is 0.0740 e. The van der Waals surface area contributed by atoms with E-state index in [-0.39, 0.29) is 10.8 Å². The lowest BCUT2D eigenvalue weighted by molar-refractivity contribution is 0.590. The number of para-hydroxylation sites is 1. The Morgan fingerprint density at radius 2 is 0.812 bits per heavy atom. The van der Waals surface area contributed by atoms with Crippen LogP contribution in [0.25, 0.3) is 55.2 Å². The van der Waals surface area contributed by atoms with Gasteiger partial charge in [-0.05, 0) is 157 Å². The molecule has 0 N–H and O–H groups in total. The number of hydrogen-bond acceptors (Lipinski definition) is 2. The number of hydrogen-bond donors (Lipinski definition) is 0. The molecule has 1 atom stereocenters. The Labute approximate surface area is 472 Å². The molecule has 1 unspecified atom stereocenters. The fourth-order valence-electron chi connectivity index (χ4n) is 12.7. The van der Waals surface area contributed by atoms with E-state index < -0.39 is 5.41 Å². The molecule has 0 aliphatic heterocycles. The maximum Gasteiger partial charge on any atom is 0.0740 e. The van der Waals surface area contributed by atoms with E-state index >= 15 is 0 Å². The Kier molecular flexibility index (Phi) is 12.5. The van der Waals surface area contributed by atoms with Crippen LogP contribution in [-0.2, 0) is 29.7 Å². The normalized spacial score (nSPS) is 14.0. The zero-order valence-electron chi connectivity index (χ0n) is 47.0. The van der Waals surface area contributed by atoms with Crippen molar-refractivity contribution in [2.75, 3.05) is 9.80 Å². The van der Waals surface area contributed by atoms with Gasteiger partial charge in [0.05, 0.1) is 16.6 Å². The second kappa shape index (κ2) is 19.9. The van der Waals surface area contributed by atoms with Crippen molar-refractivity contribution in [3.05, 3.63) is 300 Å². The lowest BCUT2D eigenvalue weighted by Gasteiger charge is -2.36. The van der Waals surface area contributed by atoms with Gasteiger partial charge in [0.15, 0.2) is 0 Å². The summed E-state index contributed by atoms with van der Waals surface area (Å²) in [6.07, 6.45) is 0.745. The van der Waals surface area contributed by atoms with Crippen molar-refractivity contribution < 1.29 is 0 Å². The summed E-state index contributed by atoms with van der Waals surface area (Å²) in [5.41, 5.74) is 23.4. The lowest BCUT2D eigenvalue weighted by Crippen LogP contribution is -2.30. The minimum Gasteiger partial charge on any atom is -0.342 e. The number of nitrogens with zero attached hydrogens (tertiary/aromatic N) is 3. The molecule has 1 heterocycles. The van der Waals surface area contributed by atoms with Crippen LogP contribution in [0.15, 0.2) is 267 Å².